The summed E-state index contributed by atoms with van der Waals surface area (Å²) in [6, 6.07) is 11.1. The van der Waals surface area contributed by atoms with Crippen LogP contribution in [0, 0.1) is 0 Å². The first kappa shape index (κ1) is 16.9. The monoisotopic (exact) mass is 314 g/mol. The molecule has 2 rings (SSSR count). The van der Waals surface area contributed by atoms with Gasteiger partial charge in [0.15, 0.2) is 11.5 Å². The molecule has 0 radical (unpaired) electrons. The van der Waals surface area contributed by atoms with Crippen LogP contribution in [0.1, 0.15) is 36.7 Å². The number of aldehydes is 1. The molecule has 0 heterocycles. The number of hydrogen-bond acceptors (Lipinski definition) is 4. The van der Waals surface area contributed by atoms with Gasteiger partial charge in [-0.05, 0) is 23.6 Å². The van der Waals surface area contributed by atoms with Crippen molar-refractivity contribution < 1.29 is 19.0 Å². The van der Waals surface area contributed by atoms with Gasteiger partial charge in [-0.25, -0.2) is 0 Å². The summed E-state index contributed by atoms with van der Waals surface area (Å²) in [4.78, 5) is 11.2. The van der Waals surface area contributed by atoms with Crippen LogP contribution in [-0.2, 0) is 5.41 Å². The van der Waals surface area contributed by atoms with Crippen LogP contribution in [0.3, 0.4) is 0 Å². The highest BCUT2D eigenvalue weighted by Gasteiger charge is 2.21. The van der Waals surface area contributed by atoms with Crippen LogP contribution >= 0.6 is 0 Å². The lowest BCUT2D eigenvalue weighted by Crippen LogP contribution is -2.12. The smallest absolute Gasteiger partial charge is 0.203 e. The molecule has 2 aromatic carbocycles. The number of ether oxygens (including phenoxy) is 3. The molecule has 0 atom stereocenters. The Bertz CT molecular complexity index is 699. The second-order valence-electron chi connectivity index (χ2n) is 6.22. The van der Waals surface area contributed by atoms with Crippen molar-refractivity contribution in [2.45, 2.75) is 26.2 Å². The van der Waals surface area contributed by atoms with Crippen LogP contribution in [-0.4, -0.2) is 20.5 Å². The van der Waals surface area contributed by atoms with Crippen molar-refractivity contribution in [1.82, 2.24) is 0 Å². The number of carbonyl (C=O) groups excluding carboxylic acids is 1. The number of carbonyl (C=O) groups is 1. The van der Waals surface area contributed by atoms with Crippen LogP contribution in [0.15, 0.2) is 36.4 Å². The molecule has 0 N–H and O–H groups in total. The summed E-state index contributed by atoms with van der Waals surface area (Å²) in [5.74, 6) is 2.09. The van der Waals surface area contributed by atoms with Gasteiger partial charge in [0.25, 0.3) is 0 Å². The summed E-state index contributed by atoms with van der Waals surface area (Å²) in [6.07, 6.45) is 0.754. The number of para-hydroxylation sites is 1. The minimum Gasteiger partial charge on any atom is -0.493 e. The summed E-state index contributed by atoms with van der Waals surface area (Å²) < 4.78 is 16.8. The fourth-order valence-corrected chi connectivity index (χ4v) is 2.39. The molecule has 0 saturated carbocycles. The first-order valence-corrected chi connectivity index (χ1v) is 7.39. The number of rotatable bonds is 5. The van der Waals surface area contributed by atoms with Crippen LogP contribution in [0.2, 0.25) is 0 Å². The summed E-state index contributed by atoms with van der Waals surface area (Å²) >= 11 is 0. The molecule has 0 unspecified atom stereocenters. The van der Waals surface area contributed by atoms with Crippen molar-refractivity contribution in [3.63, 3.8) is 0 Å². The maximum Gasteiger partial charge on any atom is 0.203 e. The molecule has 0 fully saturated rings. The second kappa shape index (κ2) is 6.73. The van der Waals surface area contributed by atoms with Crippen molar-refractivity contribution in [1.29, 1.82) is 0 Å². The highest BCUT2D eigenvalue weighted by atomic mass is 16.5. The molecule has 4 nitrogen and oxygen atoms in total. The molecule has 0 bridgehead atoms. The van der Waals surface area contributed by atoms with E-state index in [-0.39, 0.29) is 5.41 Å². The van der Waals surface area contributed by atoms with Crippen molar-refractivity contribution in [2.24, 2.45) is 0 Å². The van der Waals surface area contributed by atoms with Crippen molar-refractivity contribution >= 4 is 6.29 Å². The summed E-state index contributed by atoms with van der Waals surface area (Å²) in [7, 11) is 3.07. The van der Waals surface area contributed by atoms with Gasteiger partial charge >= 0.3 is 0 Å². The van der Waals surface area contributed by atoms with Gasteiger partial charge in [0, 0.05) is 11.1 Å². The van der Waals surface area contributed by atoms with Gasteiger partial charge in [0.05, 0.1) is 14.2 Å². The molecule has 0 aliphatic heterocycles. The third kappa shape index (κ3) is 3.65. The predicted octanol–water partition coefficient (Wildman–Crippen LogP) is 4.61. The summed E-state index contributed by atoms with van der Waals surface area (Å²) in [5.41, 5.74) is 1.46. The molecular formula is C19H22O4. The molecule has 0 saturated heterocycles. The SMILES string of the molecule is COc1cc(C=O)cc(Oc2ccccc2C(C)(C)C)c1OC. The maximum atomic E-state index is 11.2. The van der Waals surface area contributed by atoms with Gasteiger partial charge < -0.3 is 14.2 Å². The van der Waals surface area contributed by atoms with Crippen LogP contribution in [0.25, 0.3) is 0 Å². The van der Waals surface area contributed by atoms with Crippen LogP contribution < -0.4 is 14.2 Å². The third-order valence-electron chi connectivity index (χ3n) is 3.52. The average Bonchev–Trinajstić information content (AvgIpc) is 2.53. The van der Waals surface area contributed by atoms with Crippen LogP contribution in [0.4, 0.5) is 0 Å². The molecule has 4 heteroatoms. The van der Waals surface area contributed by atoms with Crippen molar-refractivity contribution in [3.05, 3.63) is 47.5 Å². The van der Waals surface area contributed by atoms with E-state index in [0.29, 0.717) is 22.8 Å². The van der Waals surface area contributed by atoms with Gasteiger partial charge in [-0.1, -0.05) is 39.0 Å². The highest BCUT2D eigenvalue weighted by molar-refractivity contribution is 5.78. The van der Waals surface area contributed by atoms with Gasteiger partial charge in [-0.3, -0.25) is 4.79 Å². The van der Waals surface area contributed by atoms with E-state index in [4.69, 9.17) is 14.2 Å². The Hall–Kier alpha value is -2.49. The zero-order valence-electron chi connectivity index (χ0n) is 14.2. The topological polar surface area (TPSA) is 44.8 Å². The quantitative estimate of drug-likeness (QED) is 0.756. The normalized spacial score (nSPS) is 11.0. The third-order valence-corrected chi connectivity index (χ3v) is 3.52. The Morgan fingerprint density at radius 1 is 0.913 bits per heavy atom. The molecule has 122 valence electrons. The molecular weight excluding hydrogens is 292 g/mol. The Labute approximate surface area is 137 Å². The maximum absolute atomic E-state index is 11.2. The lowest BCUT2D eigenvalue weighted by Gasteiger charge is -2.23. The van der Waals surface area contributed by atoms with Gasteiger partial charge in [0.2, 0.25) is 5.75 Å². The first-order chi connectivity index (χ1) is 10.9. The minimum absolute atomic E-state index is 0.0732. The van der Waals surface area contributed by atoms with E-state index in [2.05, 4.69) is 20.8 Å². The molecule has 0 aromatic heterocycles. The highest BCUT2D eigenvalue weighted by Crippen LogP contribution is 2.42. The number of methoxy groups -OCH3 is 2. The minimum atomic E-state index is -0.0732. The first-order valence-electron chi connectivity index (χ1n) is 7.39. The van der Waals surface area contributed by atoms with E-state index in [9.17, 15) is 4.79 Å². The number of hydrogen-bond donors (Lipinski definition) is 0. The van der Waals surface area contributed by atoms with E-state index >= 15 is 0 Å². The number of benzene rings is 2. The summed E-state index contributed by atoms with van der Waals surface area (Å²) in [6.45, 7) is 6.36. The van der Waals surface area contributed by atoms with Crippen molar-refractivity contribution in [2.75, 3.05) is 14.2 Å². The lowest BCUT2D eigenvalue weighted by atomic mass is 9.86. The standard InChI is InChI=1S/C19H22O4/c1-19(2,3)14-8-6-7-9-15(14)23-17-11-13(12-20)10-16(21-4)18(17)22-5/h6-12H,1-5H3. The Morgan fingerprint density at radius 3 is 2.13 bits per heavy atom. The van der Waals surface area contributed by atoms with Gasteiger partial charge in [0.1, 0.15) is 12.0 Å². The zero-order valence-corrected chi connectivity index (χ0v) is 14.2. The largest absolute Gasteiger partial charge is 0.493 e. The molecule has 0 amide bonds. The van der Waals surface area contributed by atoms with E-state index in [1.165, 1.54) is 7.11 Å². The average molecular weight is 314 g/mol. The molecule has 0 aliphatic rings. The second-order valence-corrected chi connectivity index (χ2v) is 6.22. The van der Waals surface area contributed by atoms with Crippen LogP contribution in [0.5, 0.6) is 23.0 Å². The van der Waals surface area contributed by atoms with E-state index in [1.54, 1.807) is 19.2 Å². The van der Waals surface area contributed by atoms with E-state index in [1.807, 2.05) is 24.3 Å². The van der Waals surface area contributed by atoms with E-state index in [0.717, 1.165) is 17.6 Å². The van der Waals surface area contributed by atoms with Gasteiger partial charge in [-0.15, -0.1) is 0 Å². The van der Waals surface area contributed by atoms with E-state index < -0.39 is 0 Å². The lowest BCUT2D eigenvalue weighted by molar-refractivity contribution is 0.112. The predicted molar refractivity (Wildman–Crippen MR) is 90.1 cm³/mol. The Balaban J connectivity index is 2.54. The van der Waals surface area contributed by atoms with Crippen molar-refractivity contribution in [3.8, 4) is 23.0 Å². The molecule has 0 spiro atoms. The molecule has 23 heavy (non-hydrogen) atoms. The Kier molecular flexibility index (Phi) is 4.94. The molecule has 0 aliphatic carbocycles. The Morgan fingerprint density at radius 2 is 1.57 bits per heavy atom. The fourth-order valence-electron chi connectivity index (χ4n) is 2.39. The molecule has 2 aromatic rings. The zero-order chi connectivity index (χ0) is 17.0. The van der Waals surface area contributed by atoms with Gasteiger partial charge in [-0.2, -0.15) is 0 Å². The summed E-state index contributed by atoms with van der Waals surface area (Å²) in [5, 5.41) is 0. The fraction of sp³-hybridized carbons (Fsp3) is 0.316.